The molecule has 19 heavy (non-hydrogen) atoms. The smallest absolute Gasteiger partial charge is 0.150 e. The second-order valence-corrected chi connectivity index (χ2v) is 8.58. The Bertz CT molecular complexity index is 551. The van der Waals surface area contributed by atoms with Crippen LogP contribution in [0, 0.1) is 25.7 Å². The lowest BCUT2D eigenvalue weighted by Crippen LogP contribution is -2.20. The van der Waals surface area contributed by atoms with E-state index in [0.717, 1.165) is 18.2 Å². The van der Waals surface area contributed by atoms with Crippen LogP contribution in [0.2, 0.25) is 0 Å². The topological polar surface area (TPSA) is 34.1 Å². The molecule has 1 fully saturated rings. The summed E-state index contributed by atoms with van der Waals surface area (Å²) in [4.78, 5) is 0. The van der Waals surface area contributed by atoms with Crippen LogP contribution in [0.4, 0.5) is 0 Å². The molecule has 0 N–H and O–H groups in total. The third-order valence-corrected chi connectivity index (χ3v) is 6.83. The van der Waals surface area contributed by atoms with Crippen LogP contribution in [0.1, 0.15) is 23.1 Å². The summed E-state index contributed by atoms with van der Waals surface area (Å²) < 4.78 is 23.2. The molecule has 2 unspecified atom stereocenters. The highest BCUT2D eigenvalue weighted by Gasteiger charge is 2.33. The van der Waals surface area contributed by atoms with Gasteiger partial charge >= 0.3 is 0 Å². The zero-order valence-electron chi connectivity index (χ0n) is 11.5. The van der Waals surface area contributed by atoms with Crippen LogP contribution in [-0.2, 0) is 16.3 Å². The summed E-state index contributed by atoms with van der Waals surface area (Å²) in [5.74, 6) is 1.47. The van der Waals surface area contributed by atoms with Gasteiger partial charge in [-0.1, -0.05) is 34.1 Å². The van der Waals surface area contributed by atoms with E-state index >= 15 is 0 Å². The van der Waals surface area contributed by atoms with Gasteiger partial charge in [-0.25, -0.2) is 8.42 Å². The van der Waals surface area contributed by atoms with Crippen molar-refractivity contribution in [2.24, 2.45) is 11.8 Å². The van der Waals surface area contributed by atoms with Crippen LogP contribution in [0.3, 0.4) is 0 Å². The Morgan fingerprint density at radius 2 is 2.05 bits per heavy atom. The lowest BCUT2D eigenvalue weighted by molar-refractivity contribution is 0.402. The molecule has 2 atom stereocenters. The van der Waals surface area contributed by atoms with Crippen molar-refractivity contribution in [2.45, 2.75) is 26.7 Å². The molecule has 2 nitrogen and oxygen atoms in total. The summed E-state index contributed by atoms with van der Waals surface area (Å²) in [5, 5.41) is 0.875. The van der Waals surface area contributed by atoms with Gasteiger partial charge in [0.15, 0.2) is 9.84 Å². The number of hydrogen-bond donors (Lipinski definition) is 0. The predicted octanol–water partition coefficient (Wildman–Crippen LogP) is 3.29. The fourth-order valence-corrected chi connectivity index (χ4v) is 5.45. The van der Waals surface area contributed by atoms with Gasteiger partial charge in [-0.05, 0) is 55.2 Å². The molecule has 0 amide bonds. The molecule has 4 heteroatoms. The number of alkyl halides is 1. The molecule has 1 aliphatic heterocycles. The van der Waals surface area contributed by atoms with Crippen molar-refractivity contribution in [1.29, 1.82) is 0 Å². The van der Waals surface area contributed by atoms with E-state index < -0.39 is 9.84 Å². The minimum Gasteiger partial charge on any atom is -0.229 e. The van der Waals surface area contributed by atoms with E-state index in [9.17, 15) is 8.42 Å². The molecule has 0 saturated carbocycles. The van der Waals surface area contributed by atoms with Gasteiger partial charge in [-0.15, -0.1) is 0 Å². The number of rotatable bonds is 4. The molecular weight excluding hydrogens is 324 g/mol. The Labute approximate surface area is 124 Å². The first-order valence-corrected chi connectivity index (χ1v) is 9.68. The Balaban J connectivity index is 2.09. The van der Waals surface area contributed by atoms with Crippen molar-refractivity contribution in [3.8, 4) is 0 Å². The van der Waals surface area contributed by atoms with E-state index in [2.05, 4.69) is 48.0 Å². The van der Waals surface area contributed by atoms with Crippen LogP contribution in [0.25, 0.3) is 0 Å². The Morgan fingerprint density at radius 1 is 1.32 bits per heavy atom. The van der Waals surface area contributed by atoms with Crippen LogP contribution in [0.5, 0.6) is 0 Å². The van der Waals surface area contributed by atoms with Crippen LogP contribution >= 0.6 is 15.9 Å². The minimum absolute atomic E-state index is 0.311. The van der Waals surface area contributed by atoms with Gasteiger partial charge in [-0.2, -0.15) is 0 Å². The lowest BCUT2D eigenvalue weighted by Gasteiger charge is -2.20. The maximum atomic E-state index is 11.6. The van der Waals surface area contributed by atoms with Crippen LogP contribution in [0.15, 0.2) is 18.2 Å². The van der Waals surface area contributed by atoms with E-state index in [1.165, 1.54) is 16.7 Å². The van der Waals surface area contributed by atoms with Crippen molar-refractivity contribution in [3.63, 3.8) is 0 Å². The number of aryl methyl sites for hydroxylation is 2. The Kier molecular flexibility index (Phi) is 4.72. The zero-order valence-corrected chi connectivity index (χ0v) is 13.9. The van der Waals surface area contributed by atoms with E-state index in [0.29, 0.717) is 23.3 Å². The van der Waals surface area contributed by atoms with Crippen molar-refractivity contribution in [2.75, 3.05) is 16.8 Å². The first-order chi connectivity index (χ1) is 8.91. The number of benzene rings is 1. The van der Waals surface area contributed by atoms with E-state index in [1.807, 2.05) is 0 Å². The standard InChI is InChI=1S/C15H21BrO2S/c1-11-3-4-13(7-12(11)2)8-15(9-16)14-5-6-19(17,18)10-14/h3-4,7,14-15H,5-6,8-10H2,1-2H3. The van der Waals surface area contributed by atoms with Crippen molar-refractivity contribution in [1.82, 2.24) is 0 Å². The third-order valence-electron chi connectivity index (χ3n) is 4.20. The van der Waals surface area contributed by atoms with Gasteiger partial charge in [0, 0.05) is 5.33 Å². The van der Waals surface area contributed by atoms with Crippen LogP contribution in [-0.4, -0.2) is 25.3 Å². The van der Waals surface area contributed by atoms with Gasteiger partial charge in [0.05, 0.1) is 11.5 Å². The summed E-state index contributed by atoms with van der Waals surface area (Å²) in [7, 11) is -2.78. The molecule has 2 rings (SSSR count). The van der Waals surface area contributed by atoms with E-state index in [4.69, 9.17) is 0 Å². The second kappa shape index (κ2) is 5.96. The highest BCUT2D eigenvalue weighted by Crippen LogP contribution is 2.30. The zero-order chi connectivity index (χ0) is 14.0. The first-order valence-electron chi connectivity index (χ1n) is 6.74. The number of halogens is 1. The molecule has 1 heterocycles. The maximum Gasteiger partial charge on any atom is 0.150 e. The highest BCUT2D eigenvalue weighted by atomic mass is 79.9. The summed E-state index contributed by atoms with van der Waals surface area (Å²) in [5.41, 5.74) is 3.93. The molecule has 1 aromatic carbocycles. The summed E-state index contributed by atoms with van der Waals surface area (Å²) in [6, 6.07) is 6.55. The lowest BCUT2D eigenvalue weighted by atomic mass is 9.87. The molecule has 1 saturated heterocycles. The average Bonchev–Trinajstić information content (AvgIpc) is 2.71. The van der Waals surface area contributed by atoms with Crippen molar-refractivity contribution in [3.05, 3.63) is 34.9 Å². The van der Waals surface area contributed by atoms with Gasteiger partial charge < -0.3 is 0 Å². The molecule has 0 aromatic heterocycles. The second-order valence-electron chi connectivity index (χ2n) is 5.70. The first kappa shape index (κ1) is 15.0. The molecule has 106 valence electrons. The summed E-state index contributed by atoms with van der Waals surface area (Å²) >= 11 is 3.56. The van der Waals surface area contributed by atoms with Gasteiger partial charge in [0.1, 0.15) is 0 Å². The van der Waals surface area contributed by atoms with Gasteiger partial charge in [0.2, 0.25) is 0 Å². The normalized spacial score (nSPS) is 23.4. The number of hydrogen-bond acceptors (Lipinski definition) is 2. The largest absolute Gasteiger partial charge is 0.229 e. The fourth-order valence-electron chi connectivity index (χ4n) is 2.78. The number of sulfone groups is 1. The van der Waals surface area contributed by atoms with Crippen molar-refractivity contribution < 1.29 is 8.42 Å². The van der Waals surface area contributed by atoms with Crippen molar-refractivity contribution >= 4 is 25.8 Å². The molecule has 0 aliphatic carbocycles. The predicted molar refractivity (Wildman–Crippen MR) is 83.7 cm³/mol. The summed E-state index contributed by atoms with van der Waals surface area (Å²) in [6.45, 7) is 4.24. The fraction of sp³-hybridized carbons (Fsp3) is 0.600. The molecule has 1 aromatic rings. The molecular formula is C15H21BrO2S. The Morgan fingerprint density at radius 3 is 2.58 bits per heavy atom. The minimum atomic E-state index is -2.78. The highest BCUT2D eigenvalue weighted by molar-refractivity contribution is 9.09. The average molecular weight is 345 g/mol. The third kappa shape index (κ3) is 3.82. The molecule has 0 spiro atoms. The molecule has 0 bridgehead atoms. The van der Waals surface area contributed by atoms with Crippen LogP contribution < -0.4 is 0 Å². The molecule has 0 radical (unpaired) electrons. The maximum absolute atomic E-state index is 11.6. The van der Waals surface area contributed by atoms with E-state index in [-0.39, 0.29) is 0 Å². The Hall–Kier alpha value is -0.350. The van der Waals surface area contributed by atoms with Gasteiger partial charge in [-0.3, -0.25) is 0 Å². The monoisotopic (exact) mass is 344 g/mol. The molecule has 1 aliphatic rings. The quantitative estimate of drug-likeness (QED) is 0.785. The van der Waals surface area contributed by atoms with E-state index in [1.54, 1.807) is 0 Å². The summed E-state index contributed by atoms with van der Waals surface area (Å²) in [6.07, 6.45) is 1.79. The van der Waals surface area contributed by atoms with Gasteiger partial charge in [0.25, 0.3) is 0 Å². The SMILES string of the molecule is Cc1ccc(CC(CBr)C2CCS(=O)(=O)C2)cc1C.